The first-order valence-electron chi connectivity index (χ1n) is 8.45. The Morgan fingerprint density at radius 1 is 1.59 bits per heavy atom. The summed E-state index contributed by atoms with van der Waals surface area (Å²) >= 11 is 12.6. The van der Waals surface area contributed by atoms with Crippen molar-refractivity contribution in [2.75, 3.05) is 6.54 Å². The van der Waals surface area contributed by atoms with Gasteiger partial charge in [0.25, 0.3) is 0 Å². The predicted octanol–water partition coefficient (Wildman–Crippen LogP) is 4.45. The summed E-state index contributed by atoms with van der Waals surface area (Å²) in [6, 6.07) is 3.67. The summed E-state index contributed by atoms with van der Waals surface area (Å²) < 4.78 is 13.7. The number of urea groups is 1. The Kier molecular flexibility index (Phi) is 7.44. The highest BCUT2D eigenvalue weighted by Crippen LogP contribution is 2.42. The molecule has 148 valence electrons. The number of hydrogen-bond donors (Lipinski definition) is 2. The standard InChI is InChI=1S/C17H22ClFN4O2S2/c1-4-5-9-20-15(24)23(25)14-17(2,3)27-16(26)22(14)21-10-11-12(18)7-6-8-13(11)19/h6-8,10,14,25H,4-5,9H2,1-3H3,(H,20,24). The minimum absolute atomic E-state index is 0.104. The van der Waals surface area contributed by atoms with Gasteiger partial charge < -0.3 is 5.32 Å². The van der Waals surface area contributed by atoms with Crippen molar-refractivity contribution < 1.29 is 14.4 Å². The fourth-order valence-corrected chi connectivity index (χ4v) is 4.54. The summed E-state index contributed by atoms with van der Waals surface area (Å²) in [5, 5.41) is 19.4. The minimum atomic E-state index is -0.863. The van der Waals surface area contributed by atoms with Gasteiger partial charge in [-0.25, -0.2) is 14.2 Å². The smallest absolute Gasteiger partial charge is 0.336 e. The number of nitrogens with one attached hydrogen (secondary N) is 1. The number of thiocarbonyl (C=S) groups is 1. The fraction of sp³-hybridized carbons (Fsp3) is 0.471. The van der Waals surface area contributed by atoms with Crippen LogP contribution in [0.15, 0.2) is 23.3 Å². The molecule has 0 aliphatic carbocycles. The molecule has 10 heteroatoms. The van der Waals surface area contributed by atoms with Crippen LogP contribution in [-0.4, -0.2) is 49.3 Å². The third-order valence-electron chi connectivity index (χ3n) is 3.95. The zero-order chi connectivity index (χ0) is 20.2. The Hall–Kier alpha value is -1.42. The molecule has 0 aromatic heterocycles. The minimum Gasteiger partial charge on any atom is -0.336 e. The van der Waals surface area contributed by atoms with Crippen molar-refractivity contribution in [3.8, 4) is 0 Å². The quantitative estimate of drug-likeness (QED) is 0.228. The number of hydrazone groups is 1. The number of unbranched alkanes of at least 4 members (excludes halogenated alkanes) is 1. The van der Waals surface area contributed by atoms with Crippen LogP contribution in [0.2, 0.25) is 5.02 Å². The SMILES string of the molecule is CCCCNC(=O)N(O)C1N(N=Cc2c(F)cccc2Cl)C(=S)SC1(C)C. The molecule has 0 radical (unpaired) electrons. The molecule has 1 fully saturated rings. The third kappa shape index (κ3) is 5.10. The lowest BCUT2D eigenvalue weighted by molar-refractivity contribution is -0.118. The lowest BCUT2D eigenvalue weighted by atomic mass is 10.1. The van der Waals surface area contributed by atoms with E-state index in [1.54, 1.807) is 6.07 Å². The summed E-state index contributed by atoms with van der Waals surface area (Å²) in [7, 11) is 0. The monoisotopic (exact) mass is 432 g/mol. The van der Waals surface area contributed by atoms with Crippen LogP contribution in [0.1, 0.15) is 39.2 Å². The zero-order valence-electron chi connectivity index (χ0n) is 15.3. The molecule has 1 saturated heterocycles. The van der Waals surface area contributed by atoms with E-state index in [-0.39, 0.29) is 10.6 Å². The van der Waals surface area contributed by atoms with Gasteiger partial charge in [0.05, 0.1) is 16.0 Å². The number of halogens is 2. The molecule has 1 aromatic rings. The van der Waals surface area contributed by atoms with Crippen molar-refractivity contribution in [3.63, 3.8) is 0 Å². The second-order valence-electron chi connectivity index (χ2n) is 6.50. The molecule has 1 aliphatic heterocycles. The van der Waals surface area contributed by atoms with Gasteiger partial charge in [0, 0.05) is 12.1 Å². The molecule has 1 aliphatic rings. The summed E-state index contributed by atoms with van der Waals surface area (Å²) in [5.41, 5.74) is 0.104. The molecule has 0 saturated carbocycles. The van der Waals surface area contributed by atoms with E-state index >= 15 is 0 Å². The van der Waals surface area contributed by atoms with Crippen molar-refractivity contribution in [2.45, 2.75) is 44.5 Å². The summed E-state index contributed by atoms with van der Waals surface area (Å²) in [5.74, 6) is -0.530. The van der Waals surface area contributed by atoms with Gasteiger partial charge in [-0.05, 0) is 32.4 Å². The topological polar surface area (TPSA) is 68.2 Å². The predicted molar refractivity (Wildman–Crippen MR) is 111 cm³/mol. The Morgan fingerprint density at radius 3 is 2.93 bits per heavy atom. The van der Waals surface area contributed by atoms with E-state index in [0.717, 1.165) is 12.8 Å². The van der Waals surface area contributed by atoms with Gasteiger partial charge in [0.2, 0.25) is 0 Å². The number of hydroxylamine groups is 2. The lowest BCUT2D eigenvalue weighted by Gasteiger charge is -2.34. The van der Waals surface area contributed by atoms with E-state index in [9.17, 15) is 14.4 Å². The van der Waals surface area contributed by atoms with E-state index in [1.807, 2.05) is 20.8 Å². The molecule has 27 heavy (non-hydrogen) atoms. The number of rotatable bonds is 6. The van der Waals surface area contributed by atoms with Gasteiger partial charge in [0.1, 0.15) is 5.82 Å². The van der Waals surface area contributed by atoms with Crippen LogP contribution >= 0.6 is 35.6 Å². The average molecular weight is 433 g/mol. The first-order valence-corrected chi connectivity index (χ1v) is 10.1. The van der Waals surface area contributed by atoms with Crippen molar-refractivity contribution >= 4 is 52.1 Å². The molecule has 2 N–H and O–H groups in total. The maximum absolute atomic E-state index is 14.0. The molecule has 1 atom stereocenters. The van der Waals surface area contributed by atoms with Crippen LogP contribution in [0.4, 0.5) is 9.18 Å². The summed E-state index contributed by atoms with van der Waals surface area (Å²) in [4.78, 5) is 12.3. The van der Waals surface area contributed by atoms with Gasteiger partial charge in [-0.15, -0.1) is 0 Å². The summed E-state index contributed by atoms with van der Waals surface area (Å²) in [6.45, 7) is 6.12. The number of hydrogen-bond acceptors (Lipinski definition) is 5. The van der Waals surface area contributed by atoms with Gasteiger partial charge >= 0.3 is 6.03 Å². The molecule has 0 spiro atoms. The highest BCUT2D eigenvalue weighted by molar-refractivity contribution is 8.24. The van der Waals surface area contributed by atoms with Gasteiger partial charge in [0.15, 0.2) is 10.5 Å². The number of thioether (sulfide) groups is 1. The van der Waals surface area contributed by atoms with E-state index in [4.69, 9.17) is 23.8 Å². The Bertz CT molecular complexity index is 727. The maximum atomic E-state index is 14.0. The van der Waals surface area contributed by atoms with Crippen molar-refractivity contribution in [2.24, 2.45) is 5.10 Å². The molecule has 2 amide bonds. The normalized spacial score (nSPS) is 19.0. The summed E-state index contributed by atoms with van der Waals surface area (Å²) in [6.07, 6.45) is 2.09. The average Bonchev–Trinajstić information content (AvgIpc) is 2.82. The fourth-order valence-electron chi connectivity index (χ4n) is 2.55. The van der Waals surface area contributed by atoms with E-state index in [2.05, 4.69) is 10.4 Å². The second-order valence-corrected chi connectivity index (χ2v) is 9.19. The second kappa shape index (κ2) is 9.18. The van der Waals surface area contributed by atoms with Crippen LogP contribution in [0.3, 0.4) is 0 Å². The van der Waals surface area contributed by atoms with Crippen LogP contribution in [0.25, 0.3) is 0 Å². The van der Waals surface area contributed by atoms with Crippen molar-refractivity contribution in [1.82, 2.24) is 15.4 Å². The van der Waals surface area contributed by atoms with Crippen LogP contribution in [0.5, 0.6) is 0 Å². The molecule has 1 aromatic carbocycles. The highest BCUT2D eigenvalue weighted by atomic mass is 35.5. The largest absolute Gasteiger partial charge is 0.343 e. The number of benzene rings is 1. The maximum Gasteiger partial charge on any atom is 0.343 e. The van der Waals surface area contributed by atoms with Crippen LogP contribution in [0, 0.1) is 5.82 Å². The van der Waals surface area contributed by atoms with Crippen molar-refractivity contribution in [1.29, 1.82) is 0 Å². The third-order valence-corrected chi connectivity index (χ3v) is 5.81. The molecule has 2 rings (SSSR count). The molecule has 1 unspecified atom stereocenters. The molecule has 6 nitrogen and oxygen atoms in total. The van der Waals surface area contributed by atoms with E-state index < -0.39 is 22.8 Å². The Morgan fingerprint density at radius 2 is 2.30 bits per heavy atom. The zero-order valence-corrected chi connectivity index (χ0v) is 17.7. The number of nitrogens with zero attached hydrogens (tertiary/aromatic N) is 3. The first-order chi connectivity index (χ1) is 12.7. The van der Waals surface area contributed by atoms with E-state index in [1.165, 1.54) is 35.1 Å². The molecule has 1 heterocycles. The number of amides is 2. The van der Waals surface area contributed by atoms with E-state index in [0.29, 0.717) is 15.9 Å². The first kappa shape index (κ1) is 21.9. The number of carbonyl (C=O) groups excluding carboxylic acids is 1. The van der Waals surface area contributed by atoms with Gasteiger partial charge in [-0.3, -0.25) is 5.21 Å². The highest BCUT2D eigenvalue weighted by Gasteiger charge is 2.50. The lowest BCUT2D eigenvalue weighted by Crippen LogP contribution is -2.55. The van der Waals surface area contributed by atoms with Gasteiger partial charge in [-0.2, -0.15) is 10.2 Å². The van der Waals surface area contributed by atoms with Gasteiger partial charge in [-0.1, -0.05) is 55.0 Å². The number of carbonyl (C=O) groups is 1. The Labute approximate surface area is 172 Å². The molecule has 0 bridgehead atoms. The van der Waals surface area contributed by atoms with Crippen molar-refractivity contribution in [3.05, 3.63) is 34.6 Å². The Balaban J connectivity index is 2.26. The molecular formula is C17H22ClFN4O2S2. The van der Waals surface area contributed by atoms with Crippen LogP contribution < -0.4 is 5.32 Å². The van der Waals surface area contributed by atoms with Crippen LogP contribution in [-0.2, 0) is 0 Å². The molecular weight excluding hydrogens is 411 g/mol.